The van der Waals surface area contributed by atoms with Gasteiger partial charge in [0.1, 0.15) is 29.5 Å². The number of aliphatic hydroxyl groups is 2. The van der Waals surface area contributed by atoms with Crippen LogP contribution >= 0.6 is 20.0 Å². The fourth-order valence-corrected chi connectivity index (χ4v) is 2.86. The summed E-state index contributed by atoms with van der Waals surface area (Å²) in [5, 5.41) is 20.0. The van der Waals surface area contributed by atoms with E-state index in [-0.39, 0.29) is 4.64 Å². The van der Waals surface area contributed by atoms with Gasteiger partial charge in [-0.1, -0.05) is 12.2 Å². The molecule has 0 radical (unpaired) electrons. The molecule has 0 spiro atoms. The third-order valence-electron chi connectivity index (χ3n) is 3.39. The summed E-state index contributed by atoms with van der Waals surface area (Å²) in [6.07, 6.45) is -2.45. The van der Waals surface area contributed by atoms with Crippen LogP contribution in [0.15, 0.2) is 12.7 Å². The quantitative estimate of drug-likeness (QED) is 0.406. The van der Waals surface area contributed by atoms with Crippen molar-refractivity contribution in [2.75, 3.05) is 6.61 Å². The number of rotatable bonds is 4. The normalized spacial score (nSPS) is 28.5. The highest BCUT2D eigenvalue weighted by atomic mass is 32.1. The highest BCUT2D eigenvalue weighted by Crippen LogP contribution is 2.34. The first-order valence-corrected chi connectivity index (χ1v) is 8.23. The molecule has 0 aliphatic carbocycles. The number of H-pyrrole nitrogens is 1. The molecule has 3 rings (SSSR count). The van der Waals surface area contributed by atoms with Crippen LogP contribution in [0.5, 0.6) is 0 Å². The van der Waals surface area contributed by atoms with Gasteiger partial charge in [0.25, 0.3) is 0 Å². The zero-order valence-corrected chi connectivity index (χ0v) is 13.0. The molecule has 11 nitrogen and oxygen atoms in total. The third-order valence-corrected chi connectivity index (χ3v) is 4.15. The Kier molecular flexibility index (Phi) is 4.33. The van der Waals surface area contributed by atoms with Crippen molar-refractivity contribution in [2.45, 2.75) is 24.5 Å². The Morgan fingerprint density at radius 2 is 2.17 bits per heavy atom. The van der Waals surface area contributed by atoms with Gasteiger partial charge in [-0.15, -0.1) is 0 Å². The van der Waals surface area contributed by atoms with E-state index in [0.29, 0.717) is 11.2 Å². The van der Waals surface area contributed by atoms with Crippen LogP contribution in [0, 0.1) is 4.64 Å². The molecule has 0 saturated carbocycles. The number of aromatic nitrogens is 4. The summed E-state index contributed by atoms with van der Waals surface area (Å²) in [6, 6.07) is 0. The van der Waals surface area contributed by atoms with Crippen LogP contribution in [0.2, 0.25) is 0 Å². The molecule has 1 aliphatic rings. The lowest BCUT2D eigenvalue weighted by molar-refractivity contribution is -0.343. The number of nitrogens with one attached hydrogen (secondary N) is 1. The van der Waals surface area contributed by atoms with Gasteiger partial charge in [-0.05, 0) is 0 Å². The van der Waals surface area contributed by atoms with E-state index in [9.17, 15) is 24.6 Å². The maximum atomic E-state index is 10.5. The molecule has 13 heteroatoms. The van der Waals surface area contributed by atoms with Crippen molar-refractivity contribution in [3.63, 3.8) is 0 Å². The molecule has 0 amide bonds. The van der Waals surface area contributed by atoms with Crippen molar-refractivity contribution >= 4 is 31.2 Å². The number of aliphatic hydroxyl groups excluding tert-OH is 2. The van der Waals surface area contributed by atoms with Crippen molar-refractivity contribution in [1.82, 2.24) is 19.5 Å². The maximum absolute atomic E-state index is 10.5. The first kappa shape index (κ1) is 16.6. The molecule has 1 aliphatic heterocycles. The zero-order chi connectivity index (χ0) is 16.8. The Bertz CT molecular complexity index is 819. The zero-order valence-electron chi connectivity index (χ0n) is 11.3. The number of fused-ring (bicyclic) bond motifs is 1. The molecule has 2 aromatic heterocycles. The number of ether oxygens (including phenoxy) is 1. The summed E-state index contributed by atoms with van der Waals surface area (Å²) in [6.45, 7) is -0.705. The predicted molar refractivity (Wildman–Crippen MR) is 72.2 cm³/mol. The van der Waals surface area contributed by atoms with Gasteiger partial charge in [0.2, 0.25) is 0 Å². The van der Waals surface area contributed by atoms with Gasteiger partial charge < -0.3 is 38.8 Å². The monoisotopic (exact) mass is 362 g/mol. The van der Waals surface area contributed by atoms with E-state index in [1.807, 2.05) is 0 Å². The van der Waals surface area contributed by atoms with Crippen molar-refractivity contribution in [2.24, 2.45) is 0 Å². The minimum Gasteiger partial charge on any atom is -0.790 e. The first-order valence-electron chi connectivity index (χ1n) is 6.36. The summed E-state index contributed by atoms with van der Waals surface area (Å²) in [5.74, 6) is 0. The Labute approximate surface area is 133 Å². The first-order chi connectivity index (χ1) is 10.8. The summed E-state index contributed by atoms with van der Waals surface area (Å²) >= 11 is 5.02. The number of nitrogens with zero attached hydrogens (tertiary/aromatic N) is 3. The molecule has 126 valence electrons. The van der Waals surface area contributed by atoms with E-state index in [0.717, 1.165) is 0 Å². The standard InChI is InChI=1S/C10H13N4O7PS/c15-6-4(1-20-22(17,18)19)21-10(7(6)16)14-3-13-5-8(14)11-2-12-9(5)23/h2-4,6-7,10,15-16H,1H2,(H,11,12,23)(H2,17,18,19)/p-2/t4-,6-,7-,10-/m1/s1. The maximum Gasteiger partial charge on any atom is 0.165 e. The van der Waals surface area contributed by atoms with E-state index >= 15 is 0 Å². The van der Waals surface area contributed by atoms with Gasteiger partial charge >= 0.3 is 0 Å². The van der Waals surface area contributed by atoms with Gasteiger partial charge in [0.15, 0.2) is 10.9 Å². The molecule has 23 heavy (non-hydrogen) atoms. The van der Waals surface area contributed by atoms with Crippen molar-refractivity contribution in [3.05, 3.63) is 17.3 Å². The number of phosphoric acid groups is 1. The minimum atomic E-state index is -5.21. The Morgan fingerprint density at radius 3 is 2.87 bits per heavy atom. The van der Waals surface area contributed by atoms with Crippen molar-refractivity contribution in [1.29, 1.82) is 0 Å². The van der Waals surface area contributed by atoms with Gasteiger partial charge in [0, 0.05) is 0 Å². The lowest BCUT2D eigenvalue weighted by Crippen LogP contribution is -2.34. The van der Waals surface area contributed by atoms with E-state index in [4.69, 9.17) is 17.0 Å². The van der Waals surface area contributed by atoms with Crippen molar-refractivity contribution < 1.29 is 33.8 Å². The second-order valence-electron chi connectivity index (χ2n) is 4.85. The molecule has 1 saturated heterocycles. The van der Waals surface area contributed by atoms with Gasteiger partial charge in [-0.2, -0.15) is 0 Å². The van der Waals surface area contributed by atoms with Crippen LogP contribution in [0.1, 0.15) is 6.23 Å². The summed E-state index contributed by atoms with van der Waals surface area (Å²) in [4.78, 5) is 31.7. The molecule has 3 heterocycles. The Hall–Kier alpha value is -1.24. The summed E-state index contributed by atoms with van der Waals surface area (Å²) in [7, 11) is -5.21. The molecule has 3 N–H and O–H groups in total. The average Bonchev–Trinajstić information content (AvgIpc) is 3.01. The molecule has 2 aromatic rings. The van der Waals surface area contributed by atoms with E-state index < -0.39 is 39.0 Å². The van der Waals surface area contributed by atoms with Gasteiger partial charge in [0.05, 0.1) is 27.1 Å². The van der Waals surface area contributed by atoms with Crippen LogP contribution in [-0.4, -0.2) is 54.7 Å². The van der Waals surface area contributed by atoms with Gasteiger partial charge in [-0.25, -0.2) is 9.97 Å². The molecule has 0 bridgehead atoms. The number of phosphoric ester groups is 1. The highest BCUT2D eigenvalue weighted by Gasteiger charge is 2.44. The van der Waals surface area contributed by atoms with E-state index in [2.05, 4.69) is 19.5 Å². The van der Waals surface area contributed by atoms with Crippen LogP contribution in [0.25, 0.3) is 11.2 Å². The highest BCUT2D eigenvalue weighted by molar-refractivity contribution is 7.71. The third kappa shape index (κ3) is 3.20. The summed E-state index contributed by atoms with van der Waals surface area (Å²) in [5.41, 5.74) is 0.775. The van der Waals surface area contributed by atoms with Crippen molar-refractivity contribution in [3.8, 4) is 0 Å². The smallest absolute Gasteiger partial charge is 0.165 e. The predicted octanol–water partition coefficient (Wildman–Crippen LogP) is -2.05. The number of imidazole rings is 1. The number of aromatic amines is 1. The molecular weight excluding hydrogens is 351 g/mol. The lowest BCUT2D eigenvalue weighted by atomic mass is 10.1. The van der Waals surface area contributed by atoms with Gasteiger partial charge in [-0.3, -0.25) is 4.57 Å². The Balaban J connectivity index is 1.87. The van der Waals surface area contributed by atoms with E-state index in [1.54, 1.807) is 0 Å². The Morgan fingerprint density at radius 1 is 1.43 bits per heavy atom. The van der Waals surface area contributed by atoms with E-state index in [1.165, 1.54) is 17.2 Å². The molecule has 1 fully saturated rings. The fourth-order valence-electron chi connectivity index (χ4n) is 2.33. The largest absolute Gasteiger partial charge is 0.790 e. The SMILES string of the molecule is O=P([O-])([O-])OC[C@H]1O[C@@H](n2cnc3c(=S)nc[nH]c32)[C@H](O)[C@@H]1O. The molecule has 0 aromatic carbocycles. The molecule has 4 atom stereocenters. The minimum absolute atomic E-state index is 0.240. The second-order valence-corrected chi connectivity index (χ2v) is 6.39. The van der Waals surface area contributed by atoms with Crippen LogP contribution in [0.3, 0.4) is 0 Å². The average molecular weight is 362 g/mol. The van der Waals surface area contributed by atoms with Crippen LogP contribution < -0.4 is 9.79 Å². The fraction of sp³-hybridized carbons (Fsp3) is 0.500. The van der Waals surface area contributed by atoms with Crippen LogP contribution in [-0.2, 0) is 13.8 Å². The number of hydrogen-bond acceptors (Lipinski definition) is 10. The van der Waals surface area contributed by atoms with Crippen LogP contribution in [0.4, 0.5) is 0 Å². The second kappa shape index (κ2) is 6.00. The molecular formula is C10H11N4O7PS-2. The topological polar surface area (TPSA) is 169 Å². The number of hydrogen-bond donors (Lipinski definition) is 3. The molecule has 0 unspecified atom stereocenters. The summed E-state index contributed by atoms with van der Waals surface area (Å²) < 4.78 is 21.6. The lowest BCUT2D eigenvalue weighted by Gasteiger charge is -2.30.